The number of ether oxygens (including phenoxy) is 2. The summed E-state index contributed by atoms with van der Waals surface area (Å²) in [6.07, 6.45) is 2.88. The largest absolute Gasteiger partial charge is 0.464 e. The molecule has 8 heteroatoms. The second-order valence-electron chi connectivity index (χ2n) is 8.13. The number of rotatable bonds is 7. The van der Waals surface area contributed by atoms with Gasteiger partial charge in [-0.15, -0.1) is 0 Å². The first-order valence-corrected chi connectivity index (χ1v) is 10.8. The Hall–Kier alpha value is -1.22. The summed E-state index contributed by atoms with van der Waals surface area (Å²) < 4.78 is 10.6. The monoisotopic (exact) mass is 396 g/mol. The first kappa shape index (κ1) is 21.5. The Morgan fingerprint density at radius 2 is 1.61 bits per heavy atom. The zero-order chi connectivity index (χ0) is 19.8. The molecule has 3 saturated heterocycles. The molecule has 1 amide bonds. The highest BCUT2D eigenvalue weighted by molar-refractivity contribution is 5.81. The fraction of sp³-hybridized carbons (Fsp3) is 0.900. The van der Waals surface area contributed by atoms with E-state index >= 15 is 0 Å². The molecule has 3 heterocycles. The summed E-state index contributed by atoms with van der Waals surface area (Å²) in [6, 6.07) is 0.662. The molecule has 0 spiro atoms. The third-order valence-corrected chi connectivity index (χ3v) is 6.19. The van der Waals surface area contributed by atoms with Gasteiger partial charge in [-0.05, 0) is 33.0 Å². The molecule has 0 N–H and O–H groups in total. The van der Waals surface area contributed by atoms with Crippen molar-refractivity contribution in [3.05, 3.63) is 0 Å². The molecule has 0 bridgehead atoms. The molecule has 0 aromatic rings. The lowest BCUT2D eigenvalue weighted by Gasteiger charge is -2.42. The van der Waals surface area contributed by atoms with Crippen molar-refractivity contribution in [3.63, 3.8) is 0 Å². The molecule has 0 aromatic carbocycles. The predicted molar refractivity (Wildman–Crippen MR) is 106 cm³/mol. The maximum atomic E-state index is 12.4. The summed E-state index contributed by atoms with van der Waals surface area (Å²) in [5.41, 5.74) is 0. The van der Waals surface area contributed by atoms with Crippen LogP contribution in [0.2, 0.25) is 0 Å². The summed E-state index contributed by atoms with van der Waals surface area (Å²) in [5.74, 6) is -0.195. The Bertz CT molecular complexity index is 496. The van der Waals surface area contributed by atoms with Crippen molar-refractivity contribution in [2.75, 3.05) is 85.8 Å². The number of morpholine rings is 1. The van der Waals surface area contributed by atoms with Crippen LogP contribution < -0.4 is 0 Å². The smallest absolute Gasteiger partial charge is 0.306 e. The van der Waals surface area contributed by atoms with Gasteiger partial charge in [0.25, 0.3) is 0 Å². The molecular formula is C20H36N4O4. The number of esters is 1. The van der Waals surface area contributed by atoms with Gasteiger partial charge in [0.1, 0.15) is 6.61 Å². The predicted octanol–water partition coefficient (Wildman–Crippen LogP) is -0.120. The molecule has 0 atom stereocenters. The normalized spacial score (nSPS) is 23.7. The molecule has 3 fully saturated rings. The minimum Gasteiger partial charge on any atom is -0.464 e. The Labute approximate surface area is 168 Å². The zero-order valence-corrected chi connectivity index (χ0v) is 17.3. The van der Waals surface area contributed by atoms with Crippen LogP contribution >= 0.6 is 0 Å². The lowest BCUT2D eigenvalue weighted by Crippen LogP contribution is -2.54. The van der Waals surface area contributed by atoms with Crippen LogP contribution in [0.4, 0.5) is 0 Å². The average molecular weight is 397 g/mol. The zero-order valence-electron chi connectivity index (χ0n) is 17.3. The Kier molecular flexibility index (Phi) is 8.51. The summed E-state index contributed by atoms with van der Waals surface area (Å²) >= 11 is 0. The number of piperazine rings is 1. The minimum atomic E-state index is -0.272. The first-order chi connectivity index (χ1) is 13.6. The highest BCUT2D eigenvalue weighted by Gasteiger charge is 2.28. The van der Waals surface area contributed by atoms with Crippen LogP contribution in [0, 0.1) is 0 Å². The van der Waals surface area contributed by atoms with Crippen LogP contribution in [0.3, 0.4) is 0 Å². The van der Waals surface area contributed by atoms with Crippen LogP contribution in [0.15, 0.2) is 0 Å². The fourth-order valence-electron chi connectivity index (χ4n) is 4.25. The molecule has 8 nitrogen and oxygen atoms in total. The van der Waals surface area contributed by atoms with Crippen LogP contribution in [0.5, 0.6) is 0 Å². The van der Waals surface area contributed by atoms with E-state index in [4.69, 9.17) is 9.47 Å². The van der Waals surface area contributed by atoms with Crippen LogP contribution in [0.25, 0.3) is 0 Å². The maximum absolute atomic E-state index is 12.4. The van der Waals surface area contributed by atoms with Crippen molar-refractivity contribution in [1.82, 2.24) is 19.6 Å². The van der Waals surface area contributed by atoms with Gasteiger partial charge < -0.3 is 19.3 Å². The topological polar surface area (TPSA) is 65.6 Å². The lowest BCUT2D eigenvalue weighted by atomic mass is 10.0. The van der Waals surface area contributed by atoms with E-state index in [2.05, 4.69) is 21.7 Å². The molecule has 3 aliphatic heterocycles. The van der Waals surface area contributed by atoms with E-state index in [0.717, 1.165) is 72.1 Å². The number of nitrogens with zero attached hydrogens (tertiary/aromatic N) is 4. The standard InChI is InChI=1S/C20H36N4O4/c1-21-6-4-18(5-7-21)23-8-10-24(11-9-23)19(25)2-3-20(26)28-17-14-22-12-15-27-16-13-22/h18H,2-17H2,1H3. The van der Waals surface area contributed by atoms with Gasteiger partial charge in [-0.2, -0.15) is 0 Å². The van der Waals surface area contributed by atoms with Gasteiger partial charge >= 0.3 is 5.97 Å². The number of hydrogen-bond donors (Lipinski definition) is 0. The fourth-order valence-corrected chi connectivity index (χ4v) is 4.25. The summed E-state index contributed by atoms with van der Waals surface area (Å²) in [7, 11) is 2.18. The van der Waals surface area contributed by atoms with Gasteiger partial charge in [0.05, 0.1) is 19.6 Å². The summed E-state index contributed by atoms with van der Waals surface area (Å²) in [4.78, 5) is 33.4. The van der Waals surface area contributed by atoms with Crippen molar-refractivity contribution in [1.29, 1.82) is 0 Å². The number of carbonyl (C=O) groups excluding carboxylic acids is 2. The molecular weight excluding hydrogens is 360 g/mol. The molecule has 0 saturated carbocycles. The molecule has 28 heavy (non-hydrogen) atoms. The molecule has 3 aliphatic rings. The molecule has 0 aliphatic carbocycles. The molecule has 3 rings (SSSR count). The van der Waals surface area contributed by atoms with Crippen molar-refractivity contribution < 1.29 is 19.1 Å². The van der Waals surface area contributed by atoms with E-state index in [9.17, 15) is 9.59 Å². The van der Waals surface area contributed by atoms with E-state index in [0.29, 0.717) is 12.6 Å². The minimum absolute atomic E-state index is 0.0770. The number of carbonyl (C=O) groups is 2. The van der Waals surface area contributed by atoms with Gasteiger partial charge in [0.15, 0.2) is 0 Å². The SMILES string of the molecule is CN1CCC(N2CCN(C(=O)CCC(=O)OCCN3CCOCC3)CC2)CC1. The van der Waals surface area contributed by atoms with Crippen molar-refractivity contribution in [3.8, 4) is 0 Å². The number of likely N-dealkylation sites (tertiary alicyclic amines) is 1. The second kappa shape index (κ2) is 11.1. The van der Waals surface area contributed by atoms with Crippen molar-refractivity contribution >= 4 is 11.9 Å². The van der Waals surface area contributed by atoms with Crippen molar-refractivity contribution in [2.45, 2.75) is 31.7 Å². The number of amides is 1. The number of piperidine rings is 1. The van der Waals surface area contributed by atoms with E-state index in [-0.39, 0.29) is 24.7 Å². The van der Waals surface area contributed by atoms with Gasteiger partial charge in [-0.25, -0.2) is 0 Å². The maximum Gasteiger partial charge on any atom is 0.306 e. The Morgan fingerprint density at radius 3 is 2.29 bits per heavy atom. The average Bonchev–Trinajstić information content (AvgIpc) is 2.73. The van der Waals surface area contributed by atoms with Gasteiger partial charge in [-0.1, -0.05) is 0 Å². The van der Waals surface area contributed by atoms with Crippen LogP contribution in [-0.4, -0.2) is 123 Å². The Balaban J connectivity index is 1.26. The van der Waals surface area contributed by atoms with E-state index in [1.165, 1.54) is 12.8 Å². The molecule has 0 aromatic heterocycles. The number of hydrogen-bond acceptors (Lipinski definition) is 7. The van der Waals surface area contributed by atoms with Crippen molar-refractivity contribution in [2.24, 2.45) is 0 Å². The first-order valence-electron chi connectivity index (χ1n) is 10.8. The highest BCUT2D eigenvalue weighted by Crippen LogP contribution is 2.17. The third-order valence-electron chi connectivity index (χ3n) is 6.19. The highest BCUT2D eigenvalue weighted by atomic mass is 16.5. The van der Waals surface area contributed by atoms with E-state index in [1.54, 1.807) is 0 Å². The molecule has 0 radical (unpaired) electrons. The van der Waals surface area contributed by atoms with Crippen LogP contribution in [0.1, 0.15) is 25.7 Å². The van der Waals surface area contributed by atoms with Gasteiger partial charge in [0, 0.05) is 58.3 Å². The third kappa shape index (κ3) is 6.69. The Morgan fingerprint density at radius 1 is 0.929 bits per heavy atom. The van der Waals surface area contributed by atoms with Crippen LogP contribution in [-0.2, 0) is 19.1 Å². The van der Waals surface area contributed by atoms with Gasteiger partial charge in [0.2, 0.25) is 5.91 Å². The van der Waals surface area contributed by atoms with Gasteiger partial charge in [-0.3, -0.25) is 19.4 Å². The molecule has 0 unspecified atom stereocenters. The second-order valence-corrected chi connectivity index (χ2v) is 8.13. The summed E-state index contributed by atoms with van der Waals surface area (Å²) in [6.45, 7) is 10.2. The molecule has 160 valence electrons. The lowest BCUT2D eigenvalue weighted by molar-refractivity contribution is -0.147. The quantitative estimate of drug-likeness (QED) is 0.556. The summed E-state index contributed by atoms with van der Waals surface area (Å²) in [5, 5.41) is 0. The van der Waals surface area contributed by atoms with E-state index in [1.807, 2.05) is 4.90 Å². The van der Waals surface area contributed by atoms with E-state index < -0.39 is 0 Å².